The average Bonchev–Trinajstić information content (AvgIpc) is 3.02. The Morgan fingerprint density at radius 1 is 1.56 bits per heavy atom. The highest BCUT2D eigenvalue weighted by Gasteiger charge is 2.61. The summed E-state index contributed by atoms with van der Waals surface area (Å²) in [5.74, 6) is -0.385. The van der Waals surface area contributed by atoms with E-state index in [2.05, 4.69) is 5.16 Å². The molecule has 1 unspecified atom stereocenters. The largest absolute Gasteiger partial charge is 0.481 e. The first-order valence-corrected chi connectivity index (χ1v) is 5.86. The van der Waals surface area contributed by atoms with Gasteiger partial charge < -0.3 is 9.94 Å². The van der Waals surface area contributed by atoms with Crippen molar-refractivity contribution in [2.24, 2.45) is 28.3 Å². The Morgan fingerprint density at radius 3 is 2.62 bits per heavy atom. The molecule has 0 aliphatic heterocycles. The molecule has 4 nitrogen and oxygen atoms in total. The van der Waals surface area contributed by atoms with Crippen LogP contribution in [0.25, 0.3) is 0 Å². The second kappa shape index (κ2) is 3.75. The molecule has 2 fully saturated rings. The number of rotatable bonds is 5. The Bertz CT molecular complexity index is 320. The number of oxime groups is 1. The van der Waals surface area contributed by atoms with Crippen LogP contribution in [-0.4, -0.2) is 23.4 Å². The summed E-state index contributed by atoms with van der Waals surface area (Å²) in [5, 5.41) is 12.9. The lowest BCUT2D eigenvalue weighted by Gasteiger charge is -2.06. The van der Waals surface area contributed by atoms with Crippen LogP contribution in [0.1, 0.15) is 33.6 Å². The zero-order chi connectivity index (χ0) is 11.9. The molecule has 0 bridgehead atoms. The van der Waals surface area contributed by atoms with Crippen LogP contribution in [0.15, 0.2) is 5.16 Å². The Labute approximate surface area is 95.7 Å². The number of carboxylic acid groups (broad SMARTS) is 1. The molecule has 0 heterocycles. The molecule has 0 radical (unpaired) electrons. The Kier molecular flexibility index (Phi) is 2.68. The number of carbonyl (C=O) groups is 1. The third-order valence-electron chi connectivity index (χ3n) is 3.91. The Balaban J connectivity index is 1.81. The van der Waals surface area contributed by atoms with E-state index in [9.17, 15) is 4.79 Å². The summed E-state index contributed by atoms with van der Waals surface area (Å²) in [6.07, 6.45) is 4.28. The van der Waals surface area contributed by atoms with Gasteiger partial charge in [-0.15, -0.1) is 0 Å². The van der Waals surface area contributed by atoms with Gasteiger partial charge >= 0.3 is 5.97 Å². The van der Waals surface area contributed by atoms with Crippen molar-refractivity contribution in [3.8, 4) is 0 Å². The molecule has 0 aromatic carbocycles. The second-order valence-corrected chi connectivity index (χ2v) is 5.57. The first-order valence-electron chi connectivity index (χ1n) is 5.86. The van der Waals surface area contributed by atoms with Crippen molar-refractivity contribution in [3.05, 3.63) is 0 Å². The van der Waals surface area contributed by atoms with Crippen molar-refractivity contribution in [1.82, 2.24) is 0 Å². The smallest absolute Gasteiger partial charge is 0.307 e. The molecular formula is C12H19NO3. The van der Waals surface area contributed by atoms with Gasteiger partial charge in [0, 0.05) is 12.1 Å². The fourth-order valence-corrected chi connectivity index (χ4v) is 2.28. The lowest BCUT2D eigenvalue weighted by molar-refractivity contribution is -0.139. The van der Waals surface area contributed by atoms with Crippen LogP contribution in [-0.2, 0) is 9.63 Å². The highest BCUT2D eigenvalue weighted by molar-refractivity contribution is 5.84. The SMILES string of the molecule is CC(ON=C[C@H]1[C@@H](C(=O)O)C1(C)C)C1CC1. The second-order valence-electron chi connectivity index (χ2n) is 5.57. The quantitative estimate of drug-likeness (QED) is 0.576. The fraction of sp³-hybridized carbons (Fsp3) is 0.833. The van der Waals surface area contributed by atoms with Gasteiger partial charge in [-0.3, -0.25) is 4.79 Å². The zero-order valence-corrected chi connectivity index (χ0v) is 10.0. The fourth-order valence-electron chi connectivity index (χ4n) is 2.28. The molecule has 2 aliphatic rings. The predicted octanol–water partition coefficient (Wildman–Crippen LogP) is 2.14. The summed E-state index contributed by atoms with van der Waals surface area (Å²) in [6.45, 7) is 5.92. The van der Waals surface area contributed by atoms with Gasteiger partial charge in [0.1, 0.15) is 6.10 Å². The van der Waals surface area contributed by atoms with Gasteiger partial charge in [-0.25, -0.2) is 0 Å². The molecule has 3 atom stereocenters. The van der Waals surface area contributed by atoms with Crippen LogP contribution in [0, 0.1) is 23.2 Å². The maximum absolute atomic E-state index is 10.9. The number of nitrogens with zero attached hydrogens (tertiary/aromatic N) is 1. The van der Waals surface area contributed by atoms with E-state index in [0.717, 1.165) is 0 Å². The molecular weight excluding hydrogens is 206 g/mol. The highest BCUT2D eigenvalue weighted by atomic mass is 16.6. The molecule has 2 aliphatic carbocycles. The van der Waals surface area contributed by atoms with Crippen molar-refractivity contribution < 1.29 is 14.7 Å². The maximum Gasteiger partial charge on any atom is 0.307 e. The lowest BCUT2D eigenvalue weighted by atomic mass is 10.1. The van der Waals surface area contributed by atoms with Crippen molar-refractivity contribution in [3.63, 3.8) is 0 Å². The van der Waals surface area contributed by atoms with Gasteiger partial charge in [-0.1, -0.05) is 19.0 Å². The van der Waals surface area contributed by atoms with E-state index >= 15 is 0 Å². The first-order chi connectivity index (χ1) is 7.44. The van der Waals surface area contributed by atoms with Gasteiger partial charge in [-0.2, -0.15) is 0 Å². The van der Waals surface area contributed by atoms with E-state index in [4.69, 9.17) is 9.94 Å². The van der Waals surface area contributed by atoms with Crippen molar-refractivity contribution in [2.75, 3.05) is 0 Å². The van der Waals surface area contributed by atoms with Gasteiger partial charge in [0.25, 0.3) is 0 Å². The maximum atomic E-state index is 10.9. The average molecular weight is 225 g/mol. The van der Waals surface area contributed by atoms with Crippen LogP contribution < -0.4 is 0 Å². The van der Waals surface area contributed by atoms with E-state index in [1.165, 1.54) is 12.8 Å². The summed E-state index contributed by atoms with van der Waals surface area (Å²) in [4.78, 5) is 16.2. The van der Waals surface area contributed by atoms with Crippen LogP contribution in [0.2, 0.25) is 0 Å². The molecule has 2 rings (SSSR count). The molecule has 0 saturated heterocycles. The lowest BCUT2D eigenvalue weighted by Crippen LogP contribution is -2.06. The van der Waals surface area contributed by atoms with Crippen LogP contribution in [0.5, 0.6) is 0 Å². The number of aliphatic carboxylic acids is 1. The first kappa shape index (κ1) is 11.4. The van der Waals surface area contributed by atoms with E-state index in [0.29, 0.717) is 5.92 Å². The van der Waals surface area contributed by atoms with Gasteiger partial charge in [-0.05, 0) is 31.1 Å². The molecule has 16 heavy (non-hydrogen) atoms. The summed E-state index contributed by atoms with van der Waals surface area (Å²) in [6, 6.07) is 0. The van der Waals surface area contributed by atoms with Crippen molar-refractivity contribution in [1.29, 1.82) is 0 Å². The molecule has 0 spiro atoms. The minimum atomic E-state index is -0.739. The van der Waals surface area contributed by atoms with Crippen LogP contribution >= 0.6 is 0 Å². The highest BCUT2D eigenvalue weighted by Crippen LogP contribution is 2.57. The van der Waals surface area contributed by atoms with Crippen molar-refractivity contribution in [2.45, 2.75) is 39.7 Å². The predicted molar refractivity (Wildman–Crippen MR) is 60.2 cm³/mol. The summed E-state index contributed by atoms with van der Waals surface area (Å²) in [5.41, 5.74) is -0.179. The van der Waals surface area contributed by atoms with Gasteiger partial charge in [0.2, 0.25) is 0 Å². The van der Waals surface area contributed by atoms with E-state index in [1.54, 1.807) is 6.21 Å². The third kappa shape index (κ3) is 2.06. The van der Waals surface area contributed by atoms with Crippen LogP contribution in [0.3, 0.4) is 0 Å². The monoisotopic (exact) mass is 225 g/mol. The van der Waals surface area contributed by atoms with Gasteiger partial charge in [0.05, 0.1) is 5.92 Å². The van der Waals surface area contributed by atoms with E-state index in [-0.39, 0.29) is 23.4 Å². The van der Waals surface area contributed by atoms with E-state index in [1.807, 2.05) is 20.8 Å². The van der Waals surface area contributed by atoms with E-state index < -0.39 is 5.97 Å². The Morgan fingerprint density at radius 2 is 2.19 bits per heavy atom. The summed E-state index contributed by atoms with van der Waals surface area (Å²) >= 11 is 0. The molecule has 4 heteroatoms. The standard InChI is InChI=1S/C12H19NO3/c1-7(8-4-5-8)16-13-6-9-10(11(14)15)12(9,2)3/h6-10H,4-5H2,1-3H3,(H,14,15)/t7?,9-,10-/m0/s1. The molecule has 1 N–H and O–H groups in total. The number of carboxylic acids is 1. The summed E-state index contributed by atoms with van der Waals surface area (Å²) < 4.78 is 0. The molecule has 0 aromatic rings. The molecule has 90 valence electrons. The molecule has 2 saturated carbocycles. The molecule has 0 aromatic heterocycles. The van der Waals surface area contributed by atoms with Crippen molar-refractivity contribution >= 4 is 12.2 Å². The Hall–Kier alpha value is -1.06. The molecule has 0 amide bonds. The minimum absolute atomic E-state index is 0.0106. The summed E-state index contributed by atoms with van der Waals surface area (Å²) in [7, 11) is 0. The third-order valence-corrected chi connectivity index (χ3v) is 3.91. The normalized spacial score (nSPS) is 33.7. The van der Waals surface area contributed by atoms with Crippen LogP contribution in [0.4, 0.5) is 0 Å². The minimum Gasteiger partial charge on any atom is -0.481 e. The zero-order valence-electron chi connectivity index (χ0n) is 10.0. The number of hydrogen-bond donors (Lipinski definition) is 1. The number of hydrogen-bond acceptors (Lipinski definition) is 3. The van der Waals surface area contributed by atoms with Gasteiger partial charge in [0.15, 0.2) is 0 Å². The topological polar surface area (TPSA) is 58.9 Å².